The predicted octanol–water partition coefficient (Wildman–Crippen LogP) is 5.57. The molecule has 1 aromatic heterocycles. The summed E-state index contributed by atoms with van der Waals surface area (Å²) >= 11 is 0. The summed E-state index contributed by atoms with van der Waals surface area (Å²) in [7, 11) is 2.02. The average molecular weight is 340 g/mol. The molecule has 2 aromatic rings. The van der Waals surface area contributed by atoms with Gasteiger partial charge in [-0.15, -0.1) is 12.4 Å². The van der Waals surface area contributed by atoms with Gasteiger partial charge in [-0.1, -0.05) is 38.5 Å². The van der Waals surface area contributed by atoms with Crippen LogP contribution in [0.15, 0.2) is 34.9 Å². The van der Waals surface area contributed by atoms with Gasteiger partial charge in [-0.25, -0.2) is 0 Å². The van der Waals surface area contributed by atoms with E-state index in [0.717, 1.165) is 36.3 Å². The number of unbranched alkanes of at least 4 members (excludes halogenated alkanes) is 7. The van der Waals surface area contributed by atoms with Crippen molar-refractivity contribution in [1.82, 2.24) is 5.32 Å². The largest absolute Gasteiger partial charge is 0.494 e. The number of hydrogen-bond donors (Lipinski definition) is 1. The van der Waals surface area contributed by atoms with Crippen molar-refractivity contribution >= 4 is 23.4 Å². The minimum absolute atomic E-state index is 0. The third kappa shape index (κ3) is 7.76. The SMILES string of the molecule is CNCCCCCCCCCCOc1ccc2occc2c1.Cl. The van der Waals surface area contributed by atoms with E-state index in [9.17, 15) is 0 Å². The lowest BCUT2D eigenvalue weighted by Crippen LogP contribution is -2.06. The van der Waals surface area contributed by atoms with Crippen LogP contribution in [0.5, 0.6) is 5.75 Å². The molecule has 1 aromatic carbocycles. The number of halogens is 1. The van der Waals surface area contributed by atoms with E-state index in [1.165, 1.54) is 44.9 Å². The summed E-state index contributed by atoms with van der Waals surface area (Å²) in [5.74, 6) is 0.943. The van der Waals surface area contributed by atoms with Gasteiger partial charge in [-0.2, -0.15) is 0 Å². The molecule has 0 atom stereocenters. The third-order valence-electron chi connectivity index (χ3n) is 4.01. The first-order valence-corrected chi connectivity index (χ1v) is 8.65. The van der Waals surface area contributed by atoms with Gasteiger partial charge in [-0.3, -0.25) is 0 Å². The first-order chi connectivity index (χ1) is 10.9. The van der Waals surface area contributed by atoms with E-state index in [0.29, 0.717) is 0 Å². The summed E-state index contributed by atoms with van der Waals surface area (Å²) in [5.41, 5.74) is 0.919. The Hall–Kier alpha value is -1.19. The van der Waals surface area contributed by atoms with Gasteiger partial charge in [0.2, 0.25) is 0 Å². The first-order valence-electron chi connectivity index (χ1n) is 8.65. The van der Waals surface area contributed by atoms with Crippen LogP contribution in [-0.4, -0.2) is 20.2 Å². The Morgan fingerprint density at radius 2 is 1.61 bits per heavy atom. The second kappa shape index (κ2) is 12.3. The summed E-state index contributed by atoms with van der Waals surface area (Å²) in [6.45, 7) is 1.97. The number of furan rings is 1. The van der Waals surface area contributed by atoms with E-state index in [1.54, 1.807) is 6.26 Å². The Bertz CT molecular complexity index is 527. The summed E-state index contributed by atoms with van der Waals surface area (Å²) in [5, 5.41) is 4.30. The monoisotopic (exact) mass is 339 g/mol. The molecule has 0 fully saturated rings. The molecule has 23 heavy (non-hydrogen) atoms. The minimum Gasteiger partial charge on any atom is -0.494 e. The molecule has 1 N–H and O–H groups in total. The standard InChI is InChI=1S/C19H29NO2.ClH/c1-20-13-8-6-4-2-3-5-7-9-14-21-18-10-11-19-17(16-18)12-15-22-19;/h10-12,15-16,20H,2-9,13-14H2,1H3;1H. The molecule has 0 spiro atoms. The number of nitrogens with one attached hydrogen (secondary N) is 1. The number of rotatable bonds is 12. The smallest absolute Gasteiger partial charge is 0.134 e. The van der Waals surface area contributed by atoms with Crippen molar-refractivity contribution in [3.05, 3.63) is 30.5 Å². The van der Waals surface area contributed by atoms with E-state index in [-0.39, 0.29) is 12.4 Å². The van der Waals surface area contributed by atoms with Gasteiger partial charge in [0.25, 0.3) is 0 Å². The fraction of sp³-hybridized carbons (Fsp3) is 0.579. The van der Waals surface area contributed by atoms with Crippen molar-refractivity contribution in [3.63, 3.8) is 0 Å². The molecular weight excluding hydrogens is 310 g/mol. The summed E-state index contributed by atoms with van der Waals surface area (Å²) in [6.07, 6.45) is 12.2. The average Bonchev–Trinajstić information content (AvgIpc) is 3.00. The highest BCUT2D eigenvalue weighted by atomic mass is 35.5. The number of fused-ring (bicyclic) bond motifs is 1. The van der Waals surface area contributed by atoms with E-state index >= 15 is 0 Å². The molecular formula is C19H30ClNO2. The zero-order valence-electron chi connectivity index (χ0n) is 14.2. The highest BCUT2D eigenvalue weighted by molar-refractivity contribution is 5.85. The van der Waals surface area contributed by atoms with Gasteiger partial charge in [-0.05, 0) is 50.7 Å². The third-order valence-corrected chi connectivity index (χ3v) is 4.01. The quantitative estimate of drug-likeness (QED) is 0.513. The Morgan fingerprint density at radius 1 is 0.913 bits per heavy atom. The molecule has 0 saturated heterocycles. The lowest BCUT2D eigenvalue weighted by molar-refractivity contribution is 0.304. The van der Waals surface area contributed by atoms with Crippen molar-refractivity contribution in [2.45, 2.75) is 51.4 Å². The van der Waals surface area contributed by atoms with E-state index in [4.69, 9.17) is 9.15 Å². The Morgan fingerprint density at radius 3 is 2.35 bits per heavy atom. The number of ether oxygens (including phenoxy) is 1. The molecule has 3 nitrogen and oxygen atoms in total. The molecule has 2 rings (SSSR count). The van der Waals surface area contributed by atoms with Crippen LogP contribution in [0.4, 0.5) is 0 Å². The maximum atomic E-state index is 5.81. The molecule has 1 heterocycles. The molecule has 0 radical (unpaired) electrons. The summed E-state index contributed by atoms with van der Waals surface area (Å²) in [4.78, 5) is 0. The van der Waals surface area contributed by atoms with Crippen LogP contribution >= 0.6 is 12.4 Å². The van der Waals surface area contributed by atoms with Crippen LogP contribution in [0, 0.1) is 0 Å². The van der Waals surface area contributed by atoms with Gasteiger partial charge in [0.1, 0.15) is 11.3 Å². The number of benzene rings is 1. The first kappa shape index (κ1) is 19.9. The molecule has 0 aliphatic rings. The normalized spacial score (nSPS) is 10.7. The van der Waals surface area contributed by atoms with E-state index < -0.39 is 0 Å². The van der Waals surface area contributed by atoms with Crippen LogP contribution < -0.4 is 10.1 Å². The molecule has 0 saturated carbocycles. The zero-order chi connectivity index (χ0) is 15.5. The van der Waals surface area contributed by atoms with Crippen molar-refractivity contribution in [3.8, 4) is 5.75 Å². The molecule has 130 valence electrons. The van der Waals surface area contributed by atoms with Crippen LogP contribution in [0.3, 0.4) is 0 Å². The Labute approximate surface area is 146 Å². The Balaban J connectivity index is 0.00000264. The maximum Gasteiger partial charge on any atom is 0.134 e. The fourth-order valence-corrected chi connectivity index (χ4v) is 2.69. The van der Waals surface area contributed by atoms with Gasteiger partial charge in [0.05, 0.1) is 12.9 Å². The highest BCUT2D eigenvalue weighted by Gasteiger charge is 1.99. The lowest BCUT2D eigenvalue weighted by Gasteiger charge is -2.06. The maximum absolute atomic E-state index is 5.81. The van der Waals surface area contributed by atoms with Crippen LogP contribution in [0.2, 0.25) is 0 Å². The topological polar surface area (TPSA) is 34.4 Å². The second-order valence-electron chi connectivity index (χ2n) is 5.90. The van der Waals surface area contributed by atoms with Gasteiger partial charge < -0.3 is 14.5 Å². The Kier molecular flexibility index (Phi) is 10.6. The minimum atomic E-state index is 0. The highest BCUT2D eigenvalue weighted by Crippen LogP contribution is 2.21. The van der Waals surface area contributed by atoms with E-state index in [1.807, 2.05) is 31.3 Å². The molecule has 0 aliphatic heterocycles. The van der Waals surface area contributed by atoms with E-state index in [2.05, 4.69) is 5.32 Å². The fourth-order valence-electron chi connectivity index (χ4n) is 2.69. The zero-order valence-corrected chi connectivity index (χ0v) is 15.0. The number of hydrogen-bond acceptors (Lipinski definition) is 3. The van der Waals surface area contributed by atoms with Crippen molar-refractivity contribution < 1.29 is 9.15 Å². The van der Waals surface area contributed by atoms with Crippen LogP contribution in [0.25, 0.3) is 11.0 Å². The summed E-state index contributed by atoms with van der Waals surface area (Å²) < 4.78 is 11.1. The summed E-state index contributed by atoms with van der Waals surface area (Å²) in [6, 6.07) is 7.97. The van der Waals surface area contributed by atoms with Crippen LogP contribution in [0.1, 0.15) is 51.4 Å². The van der Waals surface area contributed by atoms with Gasteiger partial charge in [0, 0.05) is 5.39 Å². The van der Waals surface area contributed by atoms with Crippen molar-refractivity contribution in [2.75, 3.05) is 20.2 Å². The second-order valence-corrected chi connectivity index (χ2v) is 5.90. The molecule has 0 unspecified atom stereocenters. The van der Waals surface area contributed by atoms with Crippen molar-refractivity contribution in [2.24, 2.45) is 0 Å². The molecule has 0 bridgehead atoms. The predicted molar refractivity (Wildman–Crippen MR) is 99.8 cm³/mol. The molecule has 0 amide bonds. The van der Waals surface area contributed by atoms with Crippen LogP contribution in [-0.2, 0) is 0 Å². The molecule has 4 heteroatoms. The van der Waals surface area contributed by atoms with Gasteiger partial charge >= 0.3 is 0 Å². The lowest BCUT2D eigenvalue weighted by atomic mass is 10.1. The van der Waals surface area contributed by atoms with Crippen molar-refractivity contribution in [1.29, 1.82) is 0 Å². The molecule has 0 aliphatic carbocycles. The van der Waals surface area contributed by atoms with Gasteiger partial charge in [0.15, 0.2) is 0 Å².